The number of nitrogens with two attached hydrogens (primary N) is 1. The van der Waals surface area contributed by atoms with E-state index in [9.17, 15) is 0 Å². The first kappa shape index (κ1) is 20.1. The highest BCUT2D eigenvalue weighted by Gasteiger charge is 2.24. The highest BCUT2D eigenvalue weighted by atomic mass is 16.5. The van der Waals surface area contributed by atoms with E-state index in [2.05, 4.69) is 38.7 Å². The number of anilines is 1. The lowest BCUT2D eigenvalue weighted by atomic mass is 9.88. The number of hydrogen-bond donors (Lipinski definition) is 4. The van der Waals surface area contributed by atoms with Crippen molar-refractivity contribution in [2.45, 2.75) is 31.9 Å². The highest BCUT2D eigenvalue weighted by Crippen LogP contribution is 2.36. The third-order valence-electron chi connectivity index (χ3n) is 5.64. The van der Waals surface area contributed by atoms with Gasteiger partial charge in [-0.2, -0.15) is 5.10 Å². The van der Waals surface area contributed by atoms with E-state index in [4.69, 9.17) is 20.4 Å². The van der Waals surface area contributed by atoms with Gasteiger partial charge < -0.3 is 20.9 Å². The van der Waals surface area contributed by atoms with Crippen molar-refractivity contribution in [2.75, 3.05) is 18.9 Å². The molecule has 1 unspecified atom stereocenters. The van der Waals surface area contributed by atoms with Crippen molar-refractivity contribution in [1.82, 2.24) is 20.5 Å². The van der Waals surface area contributed by atoms with Crippen LogP contribution in [-0.4, -0.2) is 39.9 Å². The van der Waals surface area contributed by atoms with Crippen molar-refractivity contribution < 1.29 is 14.6 Å². The van der Waals surface area contributed by atoms with Gasteiger partial charge in [0.05, 0.1) is 19.4 Å². The maximum Gasteiger partial charge on any atom is 0.290 e. The lowest BCUT2D eigenvalue weighted by Crippen LogP contribution is -2.19. The van der Waals surface area contributed by atoms with Crippen molar-refractivity contribution >= 4 is 12.3 Å². The van der Waals surface area contributed by atoms with Crippen molar-refractivity contribution in [3.8, 4) is 22.3 Å². The van der Waals surface area contributed by atoms with E-state index in [0.717, 1.165) is 36.3 Å². The standard InChI is InChI=1S/C21H23N5O.CH2O2/c22-21-17(16-10-25-26-11-16)8-15(9-24-21)14-6-13-3-5-27-12-19(13)18(7-14)20-2-1-4-23-20;2-1-3/h6-11,20,23H,1-5,12H2,(H2,22,24)(H,25,26);1H,(H,2,3). The van der Waals surface area contributed by atoms with E-state index in [1.807, 2.05) is 12.4 Å². The van der Waals surface area contributed by atoms with Crippen molar-refractivity contribution in [3.63, 3.8) is 0 Å². The zero-order valence-electron chi connectivity index (χ0n) is 16.6. The molecule has 1 aromatic carbocycles. The van der Waals surface area contributed by atoms with Crippen LogP contribution in [0.4, 0.5) is 5.82 Å². The topological polar surface area (TPSA) is 126 Å². The van der Waals surface area contributed by atoms with Gasteiger partial charge in [-0.25, -0.2) is 4.98 Å². The van der Waals surface area contributed by atoms with E-state index < -0.39 is 0 Å². The predicted octanol–water partition coefficient (Wildman–Crippen LogP) is 2.92. The first-order valence-corrected chi connectivity index (χ1v) is 10.0. The molecule has 5 rings (SSSR count). The van der Waals surface area contributed by atoms with Crippen molar-refractivity contribution in [1.29, 1.82) is 0 Å². The molecule has 8 nitrogen and oxygen atoms in total. The SMILES string of the molecule is Nc1ncc(-c2cc3c(c(C4CCCN4)c2)COCC3)cc1-c1cn[nH]c1.O=CO. The molecule has 30 heavy (non-hydrogen) atoms. The molecule has 0 amide bonds. The average Bonchev–Trinajstić information content (AvgIpc) is 3.48. The van der Waals surface area contributed by atoms with E-state index in [0.29, 0.717) is 18.5 Å². The third kappa shape index (κ3) is 4.05. The smallest absolute Gasteiger partial charge is 0.290 e. The van der Waals surface area contributed by atoms with Crippen LogP contribution in [0.1, 0.15) is 35.6 Å². The van der Waals surface area contributed by atoms with Crippen molar-refractivity contribution in [2.24, 2.45) is 0 Å². The van der Waals surface area contributed by atoms with Gasteiger partial charge in [0.15, 0.2) is 0 Å². The van der Waals surface area contributed by atoms with E-state index in [-0.39, 0.29) is 6.47 Å². The summed E-state index contributed by atoms with van der Waals surface area (Å²) in [5, 5.41) is 17.4. The van der Waals surface area contributed by atoms with E-state index in [1.165, 1.54) is 35.1 Å². The van der Waals surface area contributed by atoms with Crippen molar-refractivity contribution in [3.05, 3.63) is 53.5 Å². The molecule has 2 aliphatic rings. The highest BCUT2D eigenvalue weighted by molar-refractivity contribution is 5.79. The van der Waals surface area contributed by atoms with Gasteiger partial charge in [-0.05, 0) is 60.2 Å². The minimum atomic E-state index is -0.250. The molecule has 0 aliphatic carbocycles. The number of fused-ring (bicyclic) bond motifs is 1. The predicted molar refractivity (Wildman–Crippen MR) is 114 cm³/mol. The maximum absolute atomic E-state index is 8.36. The van der Waals surface area contributed by atoms with Gasteiger partial charge in [-0.3, -0.25) is 9.89 Å². The molecule has 5 N–H and O–H groups in total. The fourth-order valence-electron chi connectivity index (χ4n) is 4.20. The first-order chi connectivity index (χ1) is 14.7. The van der Waals surface area contributed by atoms with Crippen LogP contribution in [0.3, 0.4) is 0 Å². The maximum atomic E-state index is 8.36. The van der Waals surface area contributed by atoms with Crippen LogP contribution < -0.4 is 11.1 Å². The summed E-state index contributed by atoms with van der Waals surface area (Å²) in [5.41, 5.74) is 14.4. The van der Waals surface area contributed by atoms with Crippen LogP contribution in [0.15, 0.2) is 36.8 Å². The Bertz CT molecular complexity index is 1010. The number of ether oxygens (including phenoxy) is 1. The summed E-state index contributed by atoms with van der Waals surface area (Å²) < 4.78 is 5.76. The molecule has 0 saturated carbocycles. The molecule has 3 aromatic rings. The number of aromatic amines is 1. The summed E-state index contributed by atoms with van der Waals surface area (Å²) in [6.07, 6.45) is 8.84. The zero-order chi connectivity index (χ0) is 20.9. The third-order valence-corrected chi connectivity index (χ3v) is 5.64. The molecule has 156 valence electrons. The van der Waals surface area contributed by atoms with Crippen LogP contribution in [0.25, 0.3) is 22.3 Å². The normalized spacial score (nSPS) is 17.7. The van der Waals surface area contributed by atoms with Gasteiger partial charge in [-0.15, -0.1) is 0 Å². The minimum Gasteiger partial charge on any atom is -0.483 e. The number of carboxylic acid groups (broad SMARTS) is 1. The molecule has 2 aromatic heterocycles. The summed E-state index contributed by atoms with van der Waals surface area (Å²) in [7, 11) is 0. The second kappa shape index (κ2) is 9.06. The molecule has 0 spiro atoms. The number of pyridine rings is 1. The summed E-state index contributed by atoms with van der Waals surface area (Å²) >= 11 is 0. The summed E-state index contributed by atoms with van der Waals surface area (Å²) in [6, 6.07) is 7.13. The molecule has 1 fully saturated rings. The molecule has 8 heteroatoms. The van der Waals surface area contributed by atoms with Crippen LogP contribution >= 0.6 is 0 Å². The largest absolute Gasteiger partial charge is 0.483 e. The van der Waals surface area contributed by atoms with Crippen LogP contribution in [0, 0.1) is 0 Å². The quantitative estimate of drug-likeness (QED) is 0.492. The number of nitrogens with one attached hydrogen (secondary N) is 2. The Morgan fingerprint density at radius 1 is 1.20 bits per heavy atom. The summed E-state index contributed by atoms with van der Waals surface area (Å²) in [4.78, 5) is 12.8. The Kier molecular flexibility index (Phi) is 6.06. The molecule has 0 bridgehead atoms. The lowest BCUT2D eigenvalue weighted by Gasteiger charge is -2.24. The monoisotopic (exact) mass is 407 g/mol. The summed E-state index contributed by atoms with van der Waals surface area (Å²) in [6.45, 7) is 2.33. The molecule has 0 radical (unpaired) electrons. The lowest BCUT2D eigenvalue weighted by molar-refractivity contribution is -0.122. The average molecular weight is 407 g/mol. The van der Waals surface area contributed by atoms with Gasteiger partial charge in [0.1, 0.15) is 5.82 Å². The molecule has 1 saturated heterocycles. The number of benzene rings is 1. The molecule has 4 heterocycles. The summed E-state index contributed by atoms with van der Waals surface area (Å²) in [5.74, 6) is 0.518. The first-order valence-electron chi connectivity index (χ1n) is 10.0. The Balaban J connectivity index is 0.000000687. The second-order valence-corrected chi connectivity index (χ2v) is 7.40. The van der Waals surface area contributed by atoms with Crippen LogP contribution in [-0.2, 0) is 22.6 Å². The molecular formula is C22H25N5O3. The minimum absolute atomic E-state index is 0.250. The van der Waals surface area contributed by atoms with Gasteiger partial charge in [-0.1, -0.05) is 6.07 Å². The van der Waals surface area contributed by atoms with Crippen LogP contribution in [0.5, 0.6) is 0 Å². The number of carbonyl (C=O) groups is 1. The molecule has 1 atom stereocenters. The van der Waals surface area contributed by atoms with Gasteiger partial charge >= 0.3 is 0 Å². The fraction of sp³-hybridized carbons (Fsp3) is 0.318. The molecular weight excluding hydrogens is 382 g/mol. The Morgan fingerprint density at radius 2 is 2.07 bits per heavy atom. The van der Waals surface area contributed by atoms with Gasteiger partial charge in [0.2, 0.25) is 0 Å². The second-order valence-electron chi connectivity index (χ2n) is 7.40. The number of rotatable bonds is 3. The number of aromatic nitrogens is 3. The zero-order valence-corrected chi connectivity index (χ0v) is 16.6. The Labute approximate surface area is 174 Å². The Morgan fingerprint density at radius 3 is 2.80 bits per heavy atom. The fourth-order valence-corrected chi connectivity index (χ4v) is 4.20. The van der Waals surface area contributed by atoms with Gasteiger partial charge in [0, 0.05) is 35.1 Å². The molecule has 2 aliphatic heterocycles. The van der Waals surface area contributed by atoms with E-state index in [1.54, 1.807) is 6.20 Å². The number of nitrogen functional groups attached to an aromatic ring is 1. The Hall–Kier alpha value is -3.23. The van der Waals surface area contributed by atoms with Gasteiger partial charge in [0.25, 0.3) is 6.47 Å². The number of nitrogens with zero attached hydrogens (tertiary/aromatic N) is 2. The van der Waals surface area contributed by atoms with E-state index >= 15 is 0 Å². The van der Waals surface area contributed by atoms with Crippen LogP contribution in [0.2, 0.25) is 0 Å². The number of H-pyrrole nitrogens is 1. The number of hydrogen-bond acceptors (Lipinski definition) is 6.